The number of anilines is 1. The van der Waals surface area contributed by atoms with Gasteiger partial charge in [0, 0.05) is 11.3 Å². The molecular weight excluding hydrogens is 262 g/mol. The average molecular weight is 287 g/mol. The van der Waals surface area contributed by atoms with Crippen molar-refractivity contribution in [2.45, 2.75) is 59.3 Å². The number of aryl methyl sites for hydroxylation is 1. The average Bonchev–Trinajstić information content (AvgIpc) is 2.68. The predicted molar refractivity (Wildman–Crippen MR) is 81.9 cm³/mol. The third-order valence-electron chi connectivity index (χ3n) is 6.32. The quantitative estimate of drug-likeness (QED) is 0.873. The molecule has 4 nitrogen and oxygen atoms in total. The van der Waals surface area contributed by atoms with Gasteiger partial charge in [-0.25, -0.2) is 0 Å². The summed E-state index contributed by atoms with van der Waals surface area (Å²) >= 11 is 0. The van der Waals surface area contributed by atoms with Gasteiger partial charge in [-0.3, -0.25) is 9.89 Å². The van der Waals surface area contributed by atoms with E-state index < -0.39 is 0 Å². The molecule has 1 aromatic rings. The summed E-state index contributed by atoms with van der Waals surface area (Å²) in [5.41, 5.74) is 2.36. The van der Waals surface area contributed by atoms with E-state index in [9.17, 15) is 4.79 Å². The molecule has 0 spiro atoms. The van der Waals surface area contributed by atoms with Crippen LogP contribution in [0.2, 0.25) is 0 Å². The summed E-state index contributed by atoms with van der Waals surface area (Å²) < 4.78 is 0. The van der Waals surface area contributed by atoms with Crippen molar-refractivity contribution in [2.75, 3.05) is 5.32 Å². The van der Waals surface area contributed by atoms with Crippen molar-refractivity contribution in [3.8, 4) is 0 Å². The van der Waals surface area contributed by atoms with Crippen molar-refractivity contribution < 1.29 is 4.79 Å². The van der Waals surface area contributed by atoms with E-state index in [1.807, 2.05) is 13.8 Å². The Bertz CT molecular complexity index is 589. The fraction of sp³-hybridized carbons (Fsp3) is 0.765. The zero-order valence-corrected chi connectivity index (χ0v) is 13.3. The zero-order valence-electron chi connectivity index (χ0n) is 13.3. The minimum absolute atomic E-state index is 0.127. The van der Waals surface area contributed by atoms with Crippen molar-refractivity contribution in [3.63, 3.8) is 0 Å². The summed E-state index contributed by atoms with van der Waals surface area (Å²) in [6.07, 6.45) is 7.27. The van der Waals surface area contributed by atoms with Crippen LogP contribution in [0.5, 0.6) is 0 Å². The lowest BCUT2D eigenvalue weighted by Gasteiger charge is -2.60. The van der Waals surface area contributed by atoms with Crippen LogP contribution in [0.3, 0.4) is 0 Å². The van der Waals surface area contributed by atoms with Crippen LogP contribution < -0.4 is 5.32 Å². The summed E-state index contributed by atoms with van der Waals surface area (Å²) in [5, 5.41) is 10.3. The van der Waals surface area contributed by atoms with Crippen LogP contribution >= 0.6 is 0 Å². The second kappa shape index (κ2) is 4.11. The van der Waals surface area contributed by atoms with E-state index in [0.717, 1.165) is 48.2 Å². The molecule has 1 aromatic heterocycles. The highest BCUT2D eigenvalue weighted by atomic mass is 16.2. The van der Waals surface area contributed by atoms with Crippen molar-refractivity contribution in [1.82, 2.24) is 10.2 Å². The summed E-state index contributed by atoms with van der Waals surface area (Å²) in [6, 6.07) is 0. The third kappa shape index (κ3) is 1.95. The van der Waals surface area contributed by atoms with E-state index in [4.69, 9.17) is 0 Å². The van der Waals surface area contributed by atoms with Crippen LogP contribution in [-0.2, 0) is 4.79 Å². The lowest BCUT2D eigenvalue weighted by Crippen LogP contribution is -2.55. The van der Waals surface area contributed by atoms with E-state index >= 15 is 0 Å². The molecule has 0 radical (unpaired) electrons. The first-order valence-corrected chi connectivity index (χ1v) is 8.22. The second-order valence-electron chi connectivity index (χ2n) is 8.33. The number of carbonyl (C=O) groups excluding carboxylic acids is 1. The molecule has 4 saturated carbocycles. The highest BCUT2D eigenvalue weighted by molar-refractivity contribution is 5.95. The number of carbonyl (C=O) groups is 1. The van der Waals surface area contributed by atoms with Gasteiger partial charge >= 0.3 is 0 Å². The number of rotatable bonds is 2. The molecule has 4 bridgehead atoms. The van der Waals surface area contributed by atoms with Gasteiger partial charge in [0.25, 0.3) is 0 Å². The van der Waals surface area contributed by atoms with Gasteiger partial charge in [0.15, 0.2) is 5.82 Å². The van der Waals surface area contributed by atoms with Crippen LogP contribution in [0, 0.1) is 36.5 Å². The molecule has 0 saturated heterocycles. The van der Waals surface area contributed by atoms with Crippen LogP contribution in [0.4, 0.5) is 5.82 Å². The van der Waals surface area contributed by atoms with Gasteiger partial charge in [0.05, 0.1) is 5.41 Å². The number of aromatic nitrogens is 2. The Morgan fingerprint density at radius 2 is 1.90 bits per heavy atom. The maximum Gasteiger partial charge on any atom is 0.231 e. The van der Waals surface area contributed by atoms with Crippen molar-refractivity contribution in [1.29, 1.82) is 0 Å². The van der Waals surface area contributed by atoms with Crippen LogP contribution in [0.1, 0.15) is 56.7 Å². The fourth-order valence-electron chi connectivity index (χ4n) is 5.83. The first-order valence-electron chi connectivity index (χ1n) is 8.22. The Morgan fingerprint density at radius 3 is 2.43 bits per heavy atom. The first-order chi connectivity index (χ1) is 9.89. The molecule has 0 aliphatic heterocycles. The van der Waals surface area contributed by atoms with Gasteiger partial charge in [0.1, 0.15) is 0 Å². The minimum Gasteiger partial charge on any atom is -0.309 e. The molecule has 4 heteroatoms. The van der Waals surface area contributed by atoms with Crippen LogP contribution in [-0.4, -0.2) is 16.1 Å². The number of amides is 1. The summed E-state index contributed by atoms with van der Waals surface area (Å²) in [6.45, 7) is 6.40. The molecular formula is C17H25N3O. The molecule has 0 aromatic carbocycles. The minimum atomic E-state index is -0.127. The van der Waals surface area contributed by atoms with E-state index in [-0.39, 0.29) is 11.3 Å². The Hall–Kier alpha value is -1.32. The molecule has 2 unspecified atom stereocenters. The third-order valence-corrected chi connectivity index (χ3v) is 6.32. The standard InChI is InChI=1S/C17H25N3O/c1-10-11(2)19-20-14(10)18-15(21)17-7-12-4-13(8-17)6-16(3,5-12)9-17/h12-13H,4-9H2,1-3H3,(H2,18,19,20,21). The number of nitrogens with one attached hydrogen (secondary N) is 2. The molecule has 1 heterocycles. The monoisotopic (exact) mass is 287 g/mol. The van der Waals surface area contributed by atoms with E-state index in [2.05, 4.69) is 22.4 Å². The molecule has 4 fully saturated rings. The fourth-order valence-corrected chi connectivity index (χ4v) is 5.83. The molecule has 4 aliphatic carbocycles. The molecule has 2 N–H and O–H groups in total. The Labute approximate surface area is 126 Å². The molecule has 5 rings (SSSR count). The van der Waals surface area contributed by atoms with E-state index in [0.29, 0.717) is 5.41 Å². The highest BCUT2D eigenvalue weighted by Gasteiger charge is 2.58. The van der Waals surface area contributed by atoms with E-state index in [1.54, 1.807) is 0 Å². The van der Waals surface area contributed by atoms with Crippen LogP contribution in [0.15, 0.2) is 0 Å². The Balaban J connectivity index is 1.61. The normalized spacial score (nSPS) is 40.5. The predicted octanol–water partition coefficient (Wildman–Crippen LogP) is 3.57. The molecule has 4 aliphatic rings. The lowest BCUT2D eigenvalue weighted by molar-refractivity contribution is -0.149. The summed E-state index contributed by atoms with van der Waals surface area (Å²) in [5.74, 6) is 2.48. The molecule has 1 amide bonds. The maximum atomic E-state index is 13.0. The Morgan fingerprint density at radius 1 is 1.24 bits per heavy atom. The first kappa shape index (κ1) is 13.4. The van der Waals surface area contributed by atoms with Crippen molar-refractivity contribution in [3.05, 3.63) is 11.3 Å². The number of hydrogen-bond acceptors (Lipinski definition) is 2. The van der Waals surface area contributed by atoms with Crippen molar-refractivity contribution >= 4 is 11.7 Å². The van der Waals surface area contributed by atoms with Gasteiger partial charge in [-0.15, -0.1) is 0 Å². The SMILES string of the molecule is Cc1[nH]nc(NC(=O)C23CC4CC(CC(C)(C4)C2)C3)c1C. The van der Waals surface area contributed by atoms with Gasteiger partial charge in [-0.2, -0.15) is 5.10 Å². The van der Waals surface area contributed by atoms with Gasteiger partial charge in [-0.05, 0) is 69.6 Å². The zero-order chi connectivity index (χ0) is 14.8. The van der Waals surface area contributed by atoms with Gasteiger partial charge in [0.2, 0.25) is 5.91 Å². The maximum absolute atomic E-state index is 13.0. The van der Waals surface area contributed by atoms with Gasteiger partial charge < -0.3 is 5.32 Å². The summed E-state index contributed by atoms with van der Waals surface area (Å²) in [4.78, 5) is 13.0. The topological polar surface area (TPSA) is 57.8 Å². The second-order valence-corrected chi connectivity index (χ2v) is 8.33. The summed E-state index contributed by atoms with van der Waals surface area (Å²) in [7, 11) is 0. The Kier molecular flexibility index (Phi) is 2.61. The highest BCUT2D eigenvalue weighted by Crippen LogP contribution is 2.65. The number of hydrogen-bond donors (Lipinski definition) is 2. The van der Waals surface area contributed by atoms with Crippen molar-refractivity contribution in [2.24, 2.45) is 22.7 Å². The molecule has 114 valence electrons. The largest absolute Gasteiger partial charge is 0.309 e. The van der Waals surface area contributed by atoms with E-state index in [1.165, 1.54) is 19.3 Å². The number of aromatic amines is 1. The number of H-pyrrole nitrogens is 1. The lowest BCUT2D eigenvalue weighted by atomic mass is 9.44. The van der Waals surface area contributed by atoms with Crippen LogP contribution in [0.25, 0.3) is 0 Å². The molecule has 21 heavy (non-hydrogen) atoms. The van der Waals surface area contributed by atoms with Gasteiger partial charge in [-0.1, -0.05) is 6.92 Å². The smallest absolute Gasteiger partial charge is 0.231 e. The molecule has 2 atom stereocenters. The number of nitrogens with zero attached hydrogens (tertiary/aromatic N) is 1.